The maximum absolute atomic E-state index is 12.7. The van der Waals surface area contributed by atoms with E-state index in [2.05, 4.69) is 17.1 Å². The largest absolute Gasteiger partial charge is 0.303 e. The molecule has 0 radical (unpaired) electrons. The second kappa shape index (κ2) is 5.64. The summed E-state index contributed by atoms with van der Waals surface area (Å²) in [6.07, 6.45) is 6.32. The number of fused-ring (bicyclic) bond motifs is 2. The molecule has 4 rings (SSSR count). The summed E-state index contributed by atoms with van der Waals surface area (Å²) in [6.45, 7) is 0. The monoisotopic (exact) mass is 348 g/mol. The maximum atomic E-state index is 12.7. The average Bonchev–Trinajstić information content (AvgIpc) is 3.12. The number of rotatable bonds is 2. The minimum absolute atomic E-state index is 0.00722. The van der Waals surface area contributed by atoms with Crippen molar-refractivity contribution >= 4 is 23.2 Å². The highest BCUT2D eigenvalue weighted by atomic mass is 35.5. The first-order chi connectivity index (χ1) is 11.1. The molecule has 2 aromatic rings. The van der Waals surface area contributed by atoms with Crippen molar-refractivity contribution in [1.82, 2.24) is 9.55 Å². The lowest BCUT2D eigenvalue weighted by Crippen LogP contribution is -2.27. The van der Waals surface area contributed by atoms with Gasteiger partial charge in [0.25, 0.3) is 5.56 Å². The molecule has 5 heteroatoms. The highest BCUT2D eigenvalue weighted by Crippen LogP contribution is 2.53. The van der Waals surface area contributed by atoms with Gasteiger partial charge in [0.1, 0.15) is 0 Å². The van der Waals surface area contributed by atoms with Crippen LogP contribution in [-0.2, 0) is 11.8 Å². The van der Waals surface area contributed by atoms with Crippen LogP contribution in [0.4, 0.5) is 0 Å². The lowest BCUT2D eigenvalue weighted by Gasteiger charge is -2.23. The Bertz CT molecular complexity index is 795. The Balaban J connectivity index is 1.84. The highest BCUT2D eigenvalue weighted by molar-refractivity contribution is 6.32. The van der Waals surface area contributed by atoms with E-state index >= 15 is 0 Å². The standard InChI is InChI=1S/C18H18Cl2N2O/c19-15-14-18(8-4-5-9-18)11-13(10-12-6-2-1-3-7-12)22(14)17(23)16(20)21-15/h1-3,6-7,13H,4-5,8-11H2/t13-/m0/s1. The summed E-state index contributed by atoms with van der Waals surface area (Å²) < 4.78 is 1.84. The lowest BCUT2D eigenvalue weighted by molar-refractivity contribution is 0.394. The predicted octanol–water partition coefficient (Wildman–Crippen LogP) is 4.55. The molecule has 1 aromatic carbocycles. The van der Waals surface area contributed by atoms with Crippen LogP contribution in [0, 0.1) is 0 Å². The molecule has 1 aliphatic carbocycles. The molecule has 0 amide bonds. The van der Waals surface area contributed by atoms with Gasteiger partial charge in [-0.2, -0.15) is 0 Å². The smallest absolute Gasteiger partial charge is 0.288 e. The van der Waals surface area contributed by atoms with Crippen LogP contribution in [0.3, 0.4) is 0 Å². The Hall–Kier alpha value is -1.32. The molecular formula is C18H18Cl2N2O. The number of hydrogen-bond donors (Lipinski definition) is 0. The molecule has 23 heavy (non-hydrogen) atoms. The first-order valence-electron chi connectivity index (χ1n) is 8.13. The van der Waals surface area contributed by atoms with Crippen LogP contribution in [-0.4, -0.2) is 9.55 Å². The van der Waals surface area contributed by atoms with Crippen LogP contribution in [0.15, 0.2) is 35.1 Å². The topological polar surface area (TPSA) is 34.9 Å². The van der Waals surface area contributed by atoms with Gasteiger partial charge in [-0.3, -0.25) is 4.79 Å². The van der Waals surface area contributed by atoms with Crippen LogP contribution in [0.5, 0.6) is 0 Å². The van der Waals surface area contributed by atoms with E-state index in [0.717, 1.165) is 31.4 Å². The quantitative estimate of drug-likeness (QED) is 0.797. The molecule has 0 saturated heterocycles. The number of nitrogens with zero attached hydrogens (tertiary/aromatic N) is 2. The Labute approximate surface area is 145 Å². The normalized spacial score (nSPS) is 21.7. The van der Waals surface area contributed by atoms with Crippen molar-refractivity contribution < 1.29 is 0 Å². The Morgan fingerprint density at radius 2 is 1.83 bits per heavy atom. The minimum Gasteiger partial charge on any atom is -0.303 e. The van der Waals surface area contributed by atoms with Gasteiger partial charge in [0, 0.05) is 11.5 Å². The number of halogens is 2. The van der Waals surface area contributed by atoms with Gasteiger partial charge in [-0.05, 0) is 31.2 Å². The summed E-state index contributed by atoms with van der Waals surface area (Å²) >= 11 is 12.5. The Kier molecular flexibility index (Phi) is 3.73. The summed E-state index contributed by atoms with van der Waals surface area (Å²) in [6, 6.07) is 10.4. The molecule has 120 valence electrons. The molecule has 2 heterocycles. The highest BCUT2D eigenvalue weighted by Gasteiger charge is 2.48. The van der Waals surface area contributed by atoms with Crippen molar-refractivity contribution in [2.75, 3.05) is 0 Å². The fourth-order valence-electron chi connectivity index (χ4n) is 4.49. The molecule has 0 unspecified atom stereocenters. The summed E-state index contributed by atoms with van der Waals surface area (Å²) in [5, 5.41) is 0.388. The molecule has 1 spiro atoms. The fraction of sp³-hybridized carbons (Fsp3) is 0.444. The van der Waals surface area contributed by atoms with E-state index in [4.69, 9.17) is 23.2 Å². The van der Waals surface area contributed by atoms with Gasteiger partial charge in [0.2, 0.25) is 0 Å². The van der Waals surface area contributed by atoms with Crippen molar-refractivity contribution in [3.05, 3.63) is 62.2 Å². The third kappa shape index (κ3) is 2.41. The fourth-order valence-corrected chi connectivity index (χ4v) is 5.09. The average molecular weight is 349 g/mol. The predicted molar refractivity (Wildman–Crippen MR) is 92.5 cm³/mol. The maximum Gasteiger partial charge on any atom is 0.288 e. The molecule has 1 saturated carbocycles. The van der Waals surface area contributed by atoms with E-state index in [9.17, 15) is 4.79 Å². The van der Waals surface area contributed by atoms with Crippen molar-refractivity contribution in [3.8, 4) is 0 Å². The second-order valence-electron chi connectivity index (χ2n) is 6.75. The molecule has 0 bridgehead atoms. The molecule has 1 aromatic heterocycles. The van der Waals surface area contributed by atoms with Gasteiger partial charge < -0.3 is 4.57 Å². The van der Waals surface area contributed by atoms with Gasteiger partial charge in [-0.25, -0.2) is 4.98 Å². The lowest BCUT2D eigenvalue weighted by atomic mass is 9.80. The van der Waals surface area contributed by atoms with Gasteiger partial charge in [0.15, 0.2) is 10.3 Å². The van der Waals surface area contributed by atoms with Gasteiger partial charge in [-0.15, -0.1) is 0 Å². The van der Waals surface area contributed by atoms with E-state index in [-0.39, 0.29) is 22.2 Å². The molecule has 1 aliphatic heterocycles. The van der Waals surface area contributed by atoms with Crippen LogP contribution < -0.4 is 5.56 Å². The Morgan fingerprint density at radius 1 is 1.13 bits per heavy atom. The molecular weight excluding hydrogens is 331 g/mol. The Morgan fingerprint density at radius 3 is 2.52 bits per heavy atom. The number of hydrogen-bond acceptors (Lipinski definition) is 2. The number of aromatic nitrogens is 2. The first-order valence-corrected chi connectivity index (χ1v) is 8.88. The summed E-state index contributed by atoms with van der Waals surface area (Å²) in [7, 11) is 0. The van der Waals surface area contributed by atoms with E-state index in [1.807, 2.05) is 22.8 Å². The first kappa shape index (κ1) is 15.2. The van der Waals surface area contributed by atoms with Crippen molar-refractivity contribution in [2.24, 2.45) is 0 Å². The van der Waals surface area contributed by atoms with Crippen LogP contribution in [0.25, 0.3) is 0 Å². The van der Waals surface area contributed by atoms with Crippen LogP contribution in [0.2, 0.25) is 10.3 Å². The number of benzene rings is 1. The van der Waals surface area contributed by atoms with Gasteiger partial charge in [-0.1, -0.05) is 66.4 Å². The summed E-state index contributed by atoms with van der Waals surface area (Å²) in [5.41, 5.74) is 1.96. The van der Waals surface area contributed by atoms with Gasteiger partial charge >= 0.3 is 0 Å². The van der Waals surface area contributed by atoms with E-state index in [1.54, 1.807) is 0 Å². The third-order valence-electron chi connectivity index (χ3n) is 5.40. The van der Waals surface area contributed by atoms with Crippen LogP contribution in [0.1, 0.15) is 49.4 Å². The van der Waals surface area contributed by atoms with Crippen LogP contribution >= 0.6 is 23.2 Å². The summed E-state index contributed by atoms with van der Waals surface area (Å²) in [4.78, 5) is 16.8. The molecule has 3 nitrogen and oxygen atoms in total. The second-order valence-corrected chi connectivity index (χ2v) is 7.47. The van der Waals surface area contributed by atoms with E-state index in [0.29, 0.717) is 5.15 Å². The van der Waals surface area contributed by atoms with E-state index < -0.39 is 0 Å². The molecule has 0 N–H and O–H groups in total. The molecule has 1 fully saturated rings. The summed E-state index contributed by atoms with van der Waals surface area (Å²) in [5.74, 6) is 0. The SMILES string of the molecule is O=c1c(Cl)nc(Cl)c2n1[C@@H](Cc1ccccc1)CC21CCCC1. The van der Waals surface area contributed by atoms with Crippen molar-refractivity contribution in [3.63, 3.8) is 0 Å². The van der Waals surface area contributed by atoms with Crippen molar-refractivity contribution in [1.29, 1.82) is 0 Å². The van der Waals surface area contributed by atoms with Gasteiger partial charge in [0.05, 0.1) is 5.69 Å². The third-order valence-corrected chi connectivity index (χ3v) is 5.91. The molecule has 1 atom stereocenters. The zero-order valence-corrected chi connectivity index (χ0v) is 14.3. The zero-order valence-electron chi connectivity index (χ0n) is 12.8. The molecule has 2 aliphatic rings. The van der Waals surface area contributed by atoms with Crippen molar-refractivity contribution in [2.45, 2.75) is 50.0 Å². The zero-order chi connectivity index (χ0) is 16.0. The van der Waals surface area contributed by atoms with E-state index in [1.165, 1.54) is 18.4 Å². The minimum atomic E-state index is -0.198.